The lowest BCUT2D eigenvalue weighted by Crippen LogP contribution is -2.35. The molecule has 4 heteroatoms. The predicted molar refractivity (Wildman–Crippen MR) is 73.1 cm³/mol. The molecule has 0 aliphatic heterocycles. The zero-order valence-corrected chi connectivity index (χ0v) is 12.0. The molecule has 0 spiro atoms. The molecule has 106 valence electrons. The highest BCUT2D eigenvalue weighted by molar-refractivity contribution is 5.75. The van der Waals surface area contributed by atoms with Gasteiger partial charge in [-0.25, -0.2) is 4.79 Å². The third-order valence-corrected chi connectivity index (χ3v) is 2.37. The summed E-state index contributed by atoms with van der Waals surface area (Å²) in [5.41, 5.74) is 0.301. The first-order valence-electron chi connectivity index (χ1n) is 6.44. The van der Waals surface area contributed by atoms with Crippen molar-refractivity contribution in [2.45, 2.75) is 45.8 Å². The second kappa shape index (κ2) is 6.57. The molecule has 1 rings (SSSR count). The maximum atomic E-state index is 12.0. The van der Waals surface area contributed by atoms with Crippen LogP contribution in [0.5, 0.6) is 5.75 Å². The van der Waals surface area contributed by atoms with Gasteiger partial charge in [0.1, 0.15) is 11.4 Å². The van der Waals surface area contributed by atoms with Gasteiger partial charge in [0, 0.05) is 13.0 Å². The lowest BCUT2D eigenvalue weighted by Gasteiger charge is -2.24. The van der Waals surface area contributed by atoms with E-state index in [9.17, 15) is 9.90 Å². The molecule has 0 fully saturated rings. The van der Waals surface area contributed by atoms with Crippen molar-refractivity contribution in [3.8, 4) is 5.75 Å². The summed E-state index contributed by atoms with van der Waals surface area (Å²) in [6.45, 7) is 7.73. The Labute approximate surface area is 114 Å². The number of esters is 1. The van der Waals surface area contributed by atoms with Gasteiger partial charge in [0.25, 0.3) is 0 Å². The maximum Gasteiger partial charge on any atom is 0.336 e. The molecule has 19 heavy (non-hydrogen) atoms. The third-order valence-electron chi connectivity index (χ3n) is 2.37. The van der Waals surface area contributed by atoms with Crippen LogP contribution in [0.25, 0.3) is 0 Å². The molecule has 1 aromatic rings. The van der Waals surface area contributed by atoms with Crippen molar-refractivity contribution in [1.82, 2.24) is 0 Å². The van der Waals surface area contributed by atoms with Gasteiger partial charge in [-0.15, -0.1) is 0 Å². The van der Waals surface area contributed by atoms with E-state index in [1.807, 2.05) is 33.8 Å². The molecule has 1 atom stereocenters. The second-order valence-electron chi connectivity index (χ2n) is 5.35. The average molecular weight is 266 g/mol. The number of benzene rings is 1. The van der Waals surface area contributed by atoms with Crippen LogP contribution in [0, 0.1) is 0 Å². The monoisotopic (exact) mass is 266 g/mol. The van der Waals surface area contributed by atoms with Crippen molar-refractivity contribution >= 4 is 5.97 Å². The predicted octanol–water partition coefficient (Wildman–Crippen LogP) is 2.68. The SMILES string of the molecule is CCOC(Cc1cccc(O)c1)C(=O)OC(C)(C)C. The molecule has 0 radical (unpaired) electrons. The highest BCUT2D eigenvalue weighted by Crippen LogP contribution is 2.16. The van der Waals surface area contributed by atoms with Crippen LogP contribution < -0.4 is 0 Å². The first kappa shape index (κ1) is 15.5. The van der Waals surface area contributed by atoms with E-state index in [4.69, 9.17) is 9.47 Å². The third kappa shape index (κ3) is 5.75. The fourth-order valence-electron chi connectivity index (χ4n) is 1.68. The topological polar surface area (TPSA) is 55.8 Å². The number of hydrogen-bond acceptors (Lipinski definition) is 4. The fraction of sp³-hybridized carbons (Fsp3) is 0.533. The Bertz CT molecular complexity index is 420. The van der Waals surface area contributed by atoms with E-state index in [0.717, 1.165) is 5.56 Å². The summed E-state index contributed by atoms with van der Waals surface area (Å²) in [4.78, 5) is 12.0. The van der Waals surface area contributed by atoms with Gasteiger partial charge in [-0.3, -0.25) is 0 Å². The zero-order valence-electron chi connectivity index (χ0n) is 12.0. The quantitative estimate of drug-likeness (QED) is 0.832. The van der Waals surface area contributed by atoms with Gasteiger partial charge in [0.2, 0.25) is 0 Å². The number of aromatic hydroxyl groups is 1. The summed E-state index contributed by atoms with van der Waals surface area (Å²) >= 11 is 0. The Kier molecular flexibility index (Phi) is 5.36. The van der Waals surface area contributed by atoms with Crippen LogP contribution in [-0.4, -0.2) is 29.4 Å². The van der Waals surface area contributed by atoms with Crippen LogP contribution in [0.3, 0.4) is 0 Å². The Morgan fingerprint density at radius 3 is 2.58 bits per heavy atom. The summed E-state index contributed by atoms with van der Waals surface area (Å²) in [5, 5.41) is 9.42. The zero-order chi connectivity index (χ0) is 14.5. The molecule has 0 saturated heterocycles. The molecule has 1 N–H and O–H groups in total. The number of rotatable bonds is 5. The van der Waals surface area contributed by atoms with Crippen molar-refractivity contribution in [2.75, 3.05) is 6.61 Å². The van der Waals surface area contributed by atoms with Crippen molar-refractivity contribution in [3.63, 3.8) is 0 Å². The molecule has 0 aliphatic rings. The largest absolute Gasteiger partial charge is 0.508 e. The number of carbonyl (C=O) groups is 1. The van der Waals surface area contributed by atoms with Gasteiger partial charge in [-0.1, -0.05) is 12.1 Å². The lowest BCUT2D eigenvalue weighted by atomic mass is 10.1. The van der Waals surface area contributed by atoms with Gasteiger partial charge < -0.3 is 14.6 Å². The molecule has 0 aliphatic carbocycles. The van der Waals surface area contributed by atoms with Gasteiger partial charge >= 0.3 is 5.97 Å². The molecule has 1 aromatic carbocycles. The minimum Gasteiger partial charge on any atom is -0.508 e. The molecule has 0 aromatic heterocycles. The maximum absolute atomic E-state index is 12.0. The van der Waals surface area contributed by atoms with Gasteiger partial charge in [-0.05, 0) is 45.4 Å². The van der Waals surface area contributed by atoms with E-state index < -0.39 is 11.7 Å². The lowest BCUT2D eigenvalue weighted by molar-refractivity contribution is -0.168. The van der Waals surface area contributed by atoms with Crippen molar-refractivity contribution in [1.29, 1.82) is 0 Å². The molecule has 0 heterocycles. The Hall–Kier alpha value is -1.55. The van der Waals surface area contributed by atoms with Crippen LogP contribution in [0.1, 0.15) is 33.3 Å². The van der Waals surface area contributed by atoms with E-state index >= 15 is 0 Å². The molecule has 0 amide bonds. The van der Waals surface area contributed by atoms with Crippen molar-refractivity contribution in [3.05, 3.63) is 29.8 Å². The normalized spacial score (nSPS) is 13.1. The molecule has 0 saturated carbocycles. The summed E-state index contributed by atoms with van der Waals surface area (Å²) < 4.78 is 10.8. The van der Waals surface area contributed by atoms with E-state index in [-0.39, 0.29) is 11.7 Å². The summed E-state index contributed by atoms with van der Waals surface area (Å²) in [7, 11) is 0. The highest BCUT2D eigenvalue weighted by Gasteiger charge is 2.25. The van der Waals surface area contributed by atoms with E-state index in [2.05, 4.69) is 0 Å². The van der Waals surface area contributed by atoms with Crippen LogP contribution in [0.2, 0.25) is 0 Å². The van der Waals surface area contributed by atoms with Gasteiger partial charge in [-0.2, -0.15) is 0 Å². The smallest absolute Gasteiger partial charge is 0.336 e. The fourth-order valence-corrected chi connectivity index (χ4v) is 1.68. The Balaban J connectivity index is 2.75. The van der Waals surface area contributed by atoms with Crippen LogP contribution in [-0.2, 0) is 20.7 Å². The number of phenols is 1. The van der Waals surface area contributed by atoms with Crippen LogP contribution >= 0.6 is 0 Å². The number of hydrogen-bond donors (Lipinski definition) is 1. The van der Waals surface area contributed by atoms with E-state index in [1.54, 1.807) is 18.2 Å². The first-order chi connectivity index (χ1) is 8.81. The standard InChI is InChI=1S/C15H22O4/c1-5-18-13(14(17)19-15(2,3)4)10-11-7-6-8-12(16)9-11/h6-9,13,16H,5,10H2,1-4H3. The average Bonchev–Trinajstić information content (AvgIpc) is 2.26. The Morgan fingerprint density at radius 2 is 2.05 bits per heavy atom. The number of phenolic OH excluding ortho intramolecular Hbond substituents is 1. The molecular weight excluding hydrogens is 244 g/mol. The van der Waals surface area contributed by atoms with Gasteiger partial charge in [0.05, 0.1) is 0 Å². The first-order valence-corrected chi connectivity index (χ1v) is 6.44. The minimum atomic E-state index is -0.647. The number of ether oxygens (including phenoxy) is 2. The minimum absolute atomic E-state index is 0.178. The van der Waals surface area contributed by atoms with Crippen molar-refractivity contribution in [2.24, 2.45) is 0 Å². The summed E-state index contributed by atoms with van der Waals surface area (Å²) in [6.07, 6.45) is -0.261. The molecule has 4 nitrogen and oxygen atoms in total. The molecule has 0 bridgehead atoms. The number of carbonyl (C=O) groups excluding carboxylic acids is 1. The Morgan fingerprint density at radius 1 is 1.37 bits per heavy atom. The second-order valence-corrected chi connectivity index (χ2v) is 5.35. The van der Waals surface area contributed by atoms with Gasteiger partial charge in [0.15, 0.2) is 6.10 Å². The van der Waals surface area contributed by atoms with E-state index in [0.29, 0.717) is 13.0 Å². The summed E-state index contributed by atoms with van der Waals surface area (Å²) in [6, 6.07) is 6.79. The van der Waals surface area contributed by atoms with Crippen LogP contribution in [0.15, 0.2) is 24.3 Å². The van der Waals surface area contributed by atoms with Crippen LogP contribution in [0.4, 0.5) is 0 Å². The van der Waals surface area contributed by atoms with Crippen molar-refractivity contribution < 1.29 is 19.4 Å². The highest BCUT2D eigenvalue weighted by atomic mass is 16.6. The molecular formula is C15H22O4. The molecule has 1 unspecified atom stereocenters. The van der Waals surface area contributed by atoms with E-state index in [1.165, 1.54) is 0 Å². The summed E-state index contributed by atoms with van der Waals surface area (Å²) in [5.74, 6) is -0.199.